The first-order valence-electron chi connectivity index (χ1n) is 4.65. The zero-order valence-electron chi connectivity index (χ0n) is 8.83. The van der Waals surface area contributed by atoms with Crippen LogP contribution in [0.2, 0.25) is 0 Å². The zero-order chi connectivity index (χ0) is 12.9. The van der Waals surface area contributed by atoms with Crippen LogP contribution in [-0.4, -0.2) is 15.8 Å². The number of nitrogens with two attached hydrogens (primary N) is 1. The number of phenolic OH excluding ortho intramolecular Hbond substituents is 1. The van der Waals surface area contributed by atoms with Crippen molar-refractivity contribution >= 4 is 25.1 Å². The van der Waals surface area contributed by atoms with Gasteiger partial charge in [0.15, 0.2) is 0 Å². The van der Waals surface area contributed by atoms with E-state index >= 15 is 0 Å². The summed E-state index contributed by atoms with van der Waals surface area (Å²) >= 11 is 1.07. The van der Waals surface area contributed by atoms with Gasteiger partial charge < -0.3 is 15.1 Å². The Morgan fingerprint density at radius 1 is 1.59 bits per heavy atom. The molecular formula is C9H12N3O3PS. The van der Waals surface area contributed by atoms with Gasteiger partial charge in [0.1, 0.15) is 11.2 Å². The molecule has 0 saturated carbocycles. The van der Waals surface area contributed by atoms with E-state index in [9.17, 15) is 9.67 Å². The molecular weight excluding hydrogens is 261 g/mol. The lowest BCUT2D eigenvalue weighted by Gasteiger charge is -2.13. The highest BCUT2D eigenvalue weighted by molar-refractivity contribution is 8.03. The number of nitriles is 1. The van der Waals surface area contributed by atoms with Crippen LogP contribution in [0.4, 0.5) is 5.69 Å². The van der Waals surface area contributed by atoms with E-state index < -0.39 is 7.67 Å². The lowest BCUT2D eigenvalue weighted by molar-refractivity contribution is 0.474. The second-order valence-corrected chi connectivity index (χ2v) is 5.61. The second kappa shape index (κ2) is 5.94. The van der Waals surface area contributed by atoms with Gasteiger partial charge >= 0.3 is 7.67 Å². The van der Waals surface area contributed by atoms with Crippen LogP contribution in [0.25, 0.3) is 0 Å². The van der Waals surface area contributed by atoms with E-state index in [1.54, 1.807) is 0 Å². The fourth-order valence-electron chi connectivity index (χ4n) is 1.28. The lowest BCUT2D eigenvalue weighted by Crippen LogP contribution is -2.06. The summed E-state index contributed by atoms with van der Waals surface area (Å²) in [5, 5.41) is 21.9. The van der Waals surface area contributed by atoms with Crippen molar-refractivity contribution in [2.75, 3.05) is 10.8 Å². The number of hydrogen-bond donors (Lipinski definition) is 4. The predicted octanol–water partition coefficient (Wildman–Crippen LogP) is 1.62. The summed E-state index contributed by atoms with van der Waals surface area (Å²) in [6, 6.07) is 4.33. The topological polar surface area (TPSA) is 119 Å². The normalized spacial score (nSPS) is 13.7. The molecule has 5 N–H and O–H groups in total. The SMILES string of the molecule is N#CSCCc1cc(O)ccc1NP(N)(=O)O. The summed E-state index contributed by atoms with van der Waals surface area (Å²) in [6.07, 6.45) is 0.481. The van der Waals surface area contributed by atoms with Gasteiger partial charge in [0.05, 0.1) is 0 Å². The Kier molecular flexibility index (Phi) is 4.85. The predicted molar refractivity (Wildman–Crippen MR) is 67.5 cm³/mol. The van der Waals surface area contributed by atoms with Crippen LogP contribution in [0.3, 0.4) is 0 Å². The Morgan fingerprint density at radius 2 is 2.29 bits per heavy atom. The van der Waals surface area contributed by atoms with E-state index in [1.165, 1.54) is 18.2 Å². The summed E-state index contributed by atoms with van der Waals surface area (Å²) in [4.78, 5) is 9.04. The first kappa shape index (κ1) is 13.9. The van der Waals surface area contributed by atoms with Crippen molar-refractivity contribution in [1.82, 2.24) is 0 Å². The van der Waals surface area contributed by atoms with Gasteiger partial charge in [-0.1, -0.05) is 0 Å². The van der Waals surface area contributed by atoms with E-state index in [0.29, 0.717) is 23.4 Å². The molecule has 0 amide bonds. The molecule has 8 heteroatoms. The number of aryl methyl sites for hydroxylation is 1. The van der Waals surface area contributed by atoms with Gasteiger partial charge in [-0.3, -0.25) is 0 Å². The molecule has 0 fully saturated rings. The van der Waals surface area contributed by atoms with Crippen LogP contribution < -0.4 is 10.6 Å². The summed E-state index contributed by atoms with van der Waals surface area (Å²) in [5.41, 5.74) is 6.03. The second-order valence-electron chi connectivity index (χ2n) is 3.27. The molecule has 0 aliphatic heterocycles. The maximum atomic E-state index is 11.1. The molecule has 0 aromatic heterocycles. The Labute approximate surface area is 103 Å². The molecule has 0 spiro atoms. The van der Waals surface area contributed by atoms with Crippen LogP contribution in [0.1, 0.15) is 5.56 Å². The number of thiocyanates is 1. The van der Waals surface area contributed by atoms with Crippen molar-refractivity contribution in [1.29, 1.82) is 5.26 Å². The van der Waals surface area contributed by atoms with Gasteiger partial charge in [0.25, 0.3) is 0 Å². The molecule has 92 valence electrons. The number of rotatable bonds is 5. The third kappa shape index (κ3) is 5.11. The average molecular weight is 273 g/mol. The molecule has 0 heterocycles. The Morgan fingerprint density at radius 3 is 2.88 bits per heavy atom. The third-order valence-electron chi connectivity index (χ3n) is 1.91. The average Bonchev–Trinajstić information content (AvgIpc) is 2.20. The zero-order valence-corrected chi connectivity index (χ0v) is 10.5. The summed E-state index contributed by atoms with van der Waals surface area (Å²) in [6.45, 7) is 0. The van der Waals surface area contributed by atoms with Crippen LogP contribution in [0.5, 0.6) is 5.75 Å². The Hall–Kier alpha value is -1.19. The quantitative estimate of drug-likeness (QED) is 0.278. The standard InChI is InChI=1S/C9H12N3O3PS/c10-6-17-4-3-7-5-8(13)1-2-9(7)12-16(11,14)15/h1-2,5,13H,3-4H2,(H4,11,12,14,15). The number of benzene rings is 1. The molecule has 0 aliphatic rings. The fourth-order valence-corrected chi connectivity index (χ4v) is 2.25. The molecule has 1 aromatic rings. The van der Waals surface area contributed by atoms with E-state index in [2.05, 4.69) is 5.09 Å². The van der Waals surface area contributed by atoms with Crippen LogP contribution >= 0.6 is 19.4 Å². The molecule has 1 unspecified atom stereocenters. The summed E-state index contributed by atoms with van der Waals surface area (Å²) in [7, 11) is -3.87. The minimum atomic E-state index is -3.87. The maximum absolute atomic E-state index is 11.1. The number of phenols is 1. The minimum absolute atomic E-state index is 0.0531. The molecule has 0 saturated heterocycles. The first-order chi connectivity index (χ1) is 7.92. The highest BCUT2D eigenvalue weighted by Crippen LogP contribution is 2.34. The summed E-state index contributed by atoms with van der Waals surface area (Å²) in [5.74, 6) is 0.576. The number of hydrogen-bond acceptors (Lipinski definition) is 4. The third-order valence-corrected chi connectivity index (χ3v) is 3.01. The maximum Gasteiger partial charge on any atom is 0.360 e. The molecule has 6 nitrogen and oxygen atoms in total. The van der Waals surface area contributed by atoms with Crippen LogP contribution in [0, 0.1) is 10.7 Å². The van der Waals surface area contributed by atoms with Crippen molar-refractivity contribution in [2.45, 2.75) is 6.42 Å². The van der Waals surface area contributed by atoms with E-state index in [-0.39, 0.29) is 5.75 Å². The van der Waals surface area contributed by atoms with Crippen molar-refractivity contribution in [3.05, 3.63) is 23.8 Å². The Balaban J connectivity index is 2.88. The van der Waals surface area contributed by atoms with Gasteiger partial charge in [-0.25, -0.2) is 10.1 Å². The number of thioether (sulfide) groups is 1. The van der Waals surface area contributed by atoms with Crippen molar-refractivity contribution in [2.24, 2.45) is 5.50 Å². The lowest BCUT2D eigenvalue weighted by atomic mass is 10.1. The van der Waals surface area contributed by atoms with Crippen LogP contribution in [-0.2, 0) is 11.0 Å². The van der Waals surface area contributed by atoms with Gasteiger partial charge in [-0.2, -0.15) is 5.26 Å². The van der Waals surface area contributed by atoms with E-state index in [0.717, 1.165) is 11.8 Å². The monoisotopic (exact) mass is 273 g/mol. The molecule has 1 atom stereocenters. The van der Waals surface area contributed by atoms with Gasteiger partial charge in [0.2, 0.25) is 0 Å². The van der Waals surface area contributed by atoms with Crippen LogP contribution in [0.15, 0.2) is 18.2 Å². The van der Waals surface area contributed by atoms with Crippen molar-refractivity contribution in [3.63, 3.8) is 0 Å². The minimum Gasteiger partial charge on any atom is -0.508 e. The molecule has 0 bridgehead atoms. The van der Waals surface area contributed by atoms with Crippen molar-refractivity contribution < 1.29 is 14.6 Å². The molecule has 0 radical (unpaired) electrons. The van der Waals surface area contributed by atoms with Gasteiger partial charge in [0, 0.05) is 11.4 Å². The molecule has 0 aliphatic carbocycles. The fraction of sp³-hybridized carbons (Fsp3) is 0.222. The summed E-state index contributed by atoms with van der Waals surface area (Å²) < 4.78 is 11.1. The van der Waals surface area contributed by atoms with E-state index in [4.69, 9.17) is 15.7 Å². The number of nitrogens with one attached hydrogen (secondary N) is 1. The molecule has 1 rings (SSSR count). The van der Waals surface area contributed by atoms with E-state index in [1.807, 2.05) is 5.40 Å². The van der Waals surface area contributed by atoms with Gasteiger partial charge in [-0.15, -0.1) is 0 Å². The number of aromatic hydroxyl groups is 1. The smallest absolute Gasteiger partial charge is 0.360 e. The van der Waals surface area contributed by atoms with Crippen molar-refractivity contribution in [3.8, 4) is 11.2 Å². The number of anilines is 1. The Bertz CT molecular complexity index is 483. The highest BCUT2D eigenvalue weighted by Gasteiger charge is 2.13. The van der Waals surface area contributed by atoms with Gasteiger partial charge in [-0.05, 0) is 41.9 Å². The first-order valence-corrected chi connectivity index (χ1v) is 7.36. The molecule has 17 heavy (non-hydrogen) atoms. The largest absolute Gasteiger partial charge is 0.508 e. The highest BCUT2D eigenvalue weighted by atomic mass is 32.2. The molecule has 1 aromatic carbocycles. The number of nitrogens with zero attached hydrogens (tertiary/aromatic N) is 1.